The van der Waals surface area contributed by atoms with Crippen LogP contribution in [0.2, 0.25) is 0 Å². The Hall–Kier alpha value is -1.58. The quantitative estimate of drug-likeness (QED) is 0.708. The van der Waals surface area contributed by atoms with Crippen molar-refractivity contribution in [1.82, 2.24) is 9.97 Å². The van der Waals surface area contributed by atoms with Gasteiger partial charge in [-0.2, -0.15) is 0 Å². The highest BCUT2D eigenvalue weighted by Gasteiger charge is 2.10. The van der Waals surface area contributed by atoms with Crippen LogP contribution in [0.4, 0.5) is 0 Å². The Morgan fingerprint density at radius 3 is 2.62 bits per heavy atom. The van der Waals surface area contributed by atoms with E-state index in [1.54, 1.807) is 12.4 Å². The molecule has 2 rings (SSSR count). The van der Waals surface area contributed by atoms with Crippen LogP contribution in [-0.2, 0) is 0 Å². The average Bonchev–Trinajstić information content (AvgIpc) is 2.75. The summed E-state index contributed by atoms with van der Waals surface area (Å²) >= 11 is 0. The van der Waals surface area contributed by atoms with Crippen LogP contribution in [0.5, 0.6) is 0 Å². The fourth-order valence-corrected chi connectivity index (χ4v) is 1.01. The maximum atomic E-state index is 5.44. The van der Waals surface area contributed by atoms with Crippen LogP contribution in [-0.4, -0.2) is 9.97 Å². The summed E-state index contributed by atoms with van der Waals surface area (Å²) in [4.78, 5) is 7.92. The third kappa shape index (κ3) is 1.47. The standard InChI is InChI=1S/C9H10N2O2/c1-6(2)9-11-4-8(13-9)7-3-10-5-12-7/h3-6H,1-2H3. The molecule has 2 aromatic heterocycles. The molecule has 0 N–H and O–H groups in total. The lowest BCUT2D eigenvalue weighted by Gasteiger charge is -1.94. The van der Waals surface area contributed by atoms with Crippen molar-refractivity contribution < 1.29 is 8.83 Å². The first-order valence-corrected chi connectivity index (χ1v) is 4.12. The van der Waals surface area contributed by atoms with Gasteiger partial charge in [0.05, 0.1) is 12.4 Å². The smallest absolute Gasteiger partial charge is 0.197 e. The van der Waals surface area contributed by atoms with Crippen LogP contribution in [0.15, 0.2) is 27.6 Å². The van der Waals surface area contributed by atoms with Gasteiger partial charge in [-0.05, 0) is 0 Å². The molecule has 0 aromatic carbocycles. The van der Waals surface area contributed by atoms with Crippen LogP contribution in [0.1, 0.15) is 25.7 Å². The van der Waals surface area contributed by atoms with Crippen molar-refractivity contribution in [2.75, 3.05) is 0 Å². The van der Waals surface area contributed by atoms with Crippen molar-refractivity contribution in [2.24, 2.45) is 0 Å². The molecule has 2 aromatic rings. The molecule has 0 atom stereocenters. The second-order valence-electron chi connectivity index (χ2n) is 3.08. The lowest BCUT2D eigenvalue weighted by molar-refractivity contribution is 0.462. The second-order valence-corrected chi connectivity index (χ2v) is 3.08. The van der Waals surface area contributed by atoms with Crippen molar-refractivity contribution in [2.45, 2.75) is 19.8 Å². The molecule has 2 heterocycles. The van der Waals surface area contributed by atoms with Crippen molar-refractivity contribution >= 4 is 0 Å². The SMILES string of the molecule is CC(C)c1ncc(-c2cnco2)o1. The summed E-state index contributed by atoms with van der Waals surface area (Å²) in [6.07, 6.45) is 4.62. The van der Waals surface area contributed by atoms with E-state index in [-0.39, 0.29) is 5.92 Å². The molecule has 0 spiro atoms. The fraction of sp³-hybridized carbons (Fsp3) is 0.333. The zero-order chi connectivity index (χ0) is 9.26. The summed E-state index contributed by atoms with van der Waals surface area (Å²) < 4.78 is 10.5. The van der Waals surface area contributed by atoms with Crippen LogP contribution in [0, 0.1) is 0 Å². The van der Waals surface area contributed by atoms with E-state index < -0.39 is 0 Å². The summed E-state index contributed by atoms with van der Waals surface area (Å²) in [7, 11) is 0. The van der Waals surface area contributed by atoms with Gasteiger partial charge in [-0.1, -0.05) is 13.8 Å². The van der Waals surface area contributed by atoms with Gasteiger partial charge < -0.3 is 8.83 Å². The normalized spacial score (nSPS) is 11.0. The molecule has 4 heteroatoms. The highest BCUT2D eigenvalue weighted by molar-refractivity contribution is 5.45. The number of hydrogen-bond donors (Lipinski definition) is 0. The monoisotopic (exact) mass is 178 g/mol. The third-order valence-electron chi connectivity index (χ3n) is 1.69. The van der Waals surface area contributed by atoms with Gasteiger partial charge in [0.2, 0.25) is 0 Å². The van der Waals surface area contributed by atoms with Gasteiger partial charge in [-0.3, -0.25) is 0 Å². The van der Waals surface area contributed by atoms with Crippen LogP contribution in [0.25, 0.3) is 11.5 Å². The largest absolute Gasteiger partial charge is 0.440 e. The molecule has 4 nitrogen and oxygen atoms in total. The Balaban J connectivity index is 2.33. The van der Waals surface area contributed by atoms with E-state index in [4.69, 9.17) is 8.83 Å². The molecule has 13 heavy (non-hydrogen) atoms. The first kappa shape index (κ1) is 8.04. The molecule has 0 aliphatic heterocycles. The van der Waals surface area contributed by atoms with Crippen molar-refractivity contribution in [3.8, 4) is 11.5 Å². The minimum absolute atomic E-state index is 0.289. The fourth-order valence-electron chi connectivity index (χ4n) is 1.01. The number of hydrogen-bond acceptors (Lipinski definition) is 4. The maximum absolute atomic E-state index is 5.44. The van der Waals surface area contributed by atoms with E-state index in [0.29, 0.717) is 17.4 Å². The van der Waals surface area contributed by atoms with E-state index in [9.17, 15) is 0 Å². The van der Waals surface area contributed by atoms with E-state index in [1.165, 1.54) is 6.39 Å². The predicted octanol–water partition coefficient (Wildman–Crippen LogP) is 2.45. The molecule has 0 aliphatic carbocycles. The number of aromatic nitrogens is 2. The average molecular weight is 178 g/mol. The zero-order valence-corrected chi connectivity index (χ0v) is 7.52. The van der Waals surface area contributed by atoms with Crippen LogP contribution in [0.3, 0.4) is 0 Å². The number of rotatable bonds is 2. The molecule has 0 unspecified atom stereocenters. The first-order chi connectivity index (χ1) is 6.27. The third-order valence-corrected chi connectivity index (χ3v) is 1.69. The Morgan fingerprint density at radius 1 is 1.23 bits per heavy atom. The molecule has 0 aliphatic rings. The van der Waals surface area contributed by atoms with Crippen molar-refractivity contribution in [1.29, 1.82) is 0 Å². The van der Waals surface area contributed by atoms with E-state index in [2.05, 4.69) is 9.97 Å². The molecular weight excluding hydrogens is 168 g/mol. The van der Waals surface area contributed by atoms with E-state index in [0.717, 1.165) is 0 Å². The van der Waals surface area contributed by atoms with Crippen molar-refractivity contribution in [3.63, 3.8) is 0 Å². The lowest BCUT2D eigenvalue weighted by Crippen LogP contribution is -1.84. The Labute approximate surface area is 75.6 Å². The van der Waals surface area contributed by atoms with Gasteiger partial charge in [0, 0.05) is 5.92 Å². The number of nitrogens with zero attached hydrogens (tertiary/aromatic N) is 2. The van der Waals surface area contributed by atoms with Crippen molar-refractivity contribution in [3.05, 3.63) is 24.7 Å². The highest BCUT2D eigenvalue weighted by Crippen LogP contribution is 2.22. The van der Waals surface area contributed by atoms with Gasteiger partial charge in [0.15, 0.2) is 23.8 Å². The Bertz CT molecular complexity index is 376. The van der Waals surface area contributed by atoms with E-state index >= 15 is 0 Å². The Kier molecular flexibility index (Phi) is 1.88. The molecule has 0 amide bonds. The first-order valence-electron chi connectivity index (χ1n) is 4.12. The lowest BCUT2D eigenvalue weighted by atomic mass is 10.2. The summed E-state index contributed by atoms with van der Waals surface area (Å²) in [5.74, 6) is 2.24. The predicted molar refractivity (Wildman–Crippen MR) is 46.1 cm³/mol. The molecule has 0 radical (unpaired) electrons. The van der Waals surface area contributed by atoms with Gasteiger partial charge in [-0.15, -0.1) is 0 Å². The van der Waals surface area contributed by atoms with Gasteiger partial charge in [0.1, 0.15) is 0 Å². The summed E-state index contributed by atoms with van der Waals surface area (Å²) in [6, 6.07) is 0. The molecule has 0 fully saturated rings. The molecule has 68 valence electrons. The maximum Gasteiger partial charge on any atom is 0.197 e. The summed E-state index contributed by atoms with van der Waals surface area (Å²) in [6.45, 7) is 4.05. The zero-order valence-electron chi connectivity index (χ0n) is 7.52. The summed E-state index contributed by atoms with van der Waals surface area (Å²) in [5.41, 5.74) is 0. The van der Waals surface area contributed by atoms with Gasteiger partial charge in [-0.25, -0.2) is 9.97 Å². The minimum atomic E-state index is 0.289. The Morgan fingerprint density at radius 2 is 2.08 bits per heavy atom. The minimum Gasteiger partial charge on any atom is -0.440 e. The topological polar surface area (TPSA) is 52.1 Å². The van der Waals surface area contributed by atoms with Gasteiger partial charge in [0.25, 0.3) is 0 Å². The molecular formula is C9H10N2O2. The highest BCUT2D eigenvalue weighted by atomic mass is 16.4. The van der Waals surface area contributed by atoms with E-state index in [1.807, 2.05) is 13.8 Å². The molecule has 0 bridgehead atoms. The second kappa shape index (κ2) is 3.05. The summed E-state index contributed by atoms with van der Waals surface area (Å²) in [5, 5.41) is 0. The van der Waals surface area contributed by atoms with Gasteiger partial charge >= 0.3 is 0 Å². The van der Waals surface area contributed by atoms with Crippen LogP contribution >= 0.6 is 0 Å². The van der Waals surface area contributed by atoms with Crippen LogP contribution < -0.4 is 0 Å². The molecule has 0 saturated heterocycles. The number of oxazole rings is 2. The molecule has 0 saturated carbocycles.